The van der Waals surface area contributed by atoms with Gasteiger partial charge in [-0.3, -0.25) is 0 Å². The molecule has 1 atom stereocenters. The number of thiophene rings is 1. The molecule has 0 radical (unpaired) electrons. The van der Waals surface area contributed by atoms with Crippen molar-refractivity contribution in [1.29, 1.82) is 0 Å². The van der Waals surface area contributed by atoms with E-state index < -0.39 is 0 Å². The van der Waals surface area contributed by atoms with Gasteiger partial charge in [0.1, 0.15) is 0 Å². The zero-order valence-corrected chi connectivity index (χ0v) is 12.8. The monoisotopic (exact) mass is 355 g/mol. The molecule has 0 aliphatic carbocycles. The fraction of sp³-hybridized carbons (Fsp3) is 0.600. The van der Waals surface area contributed by atoms with Crippen LogP contribution in [0, 0.1) is 0 Å². The normalized spacial score (nSPS) is 13.1. The molecule has 1 aromatic heterocycles. The Morgan fingerprint density at radius 1 is 1.47 bits per heavy atom. The highest BCUT2D eigenvalue weighted by atomic mass is 79.9. The summed E-state index contributed by atoms with van der Waals surface area (Å²) in [5.74, 6) is 0. The predicted octanol–water partition coefficient (Wildman–Crippen LogP) is 3.96. The van der Waals surface area contributed by atoms with Crippen LogP contribution in [0.1, 0.15) is 24.8 Å². The van der Waals surface area contributed by atoms with Crippen molar-refractivity contribution >= 4 is 43.2 Å². The SMILES string of the molecule is CCNC(COCC)c1cc(Br)c(Br)s1. The Morgan fingerprint density at radius 3 is 2.67 bits per heavy atom. The number of nitrogens with one attached hydrogen (secondary N) is 1. The van der Waals surface area contributed by atoms with Crippen LogP contribution in [0.3, 0.4) is 0 Å². The lowest BCUT2D eigenvalue weighted by molar-refractivity contribution is 0.124. The van der Waals surface area contributed by atoms with Crippen LogP contribution in [-0.2, 0) is 4.74 Å². The first kappa shape index (κ1) is 13.6. The molecule has 0 spiro atoms. The van der Waals surface area contributed by atoms with Gasteiger partial charge in [-0.2, -0.15) is 0 Å². The van der Waals surface area contributed by atoms with E-state index in [0.29, 0.717) is 6.04 Å². The number of hydrogen-bond donors (Lipinski definition) is 1. The highest BCUT2D eigenvalue weighted by Crippen LogP contribution is 2.35. The Kier molecular flexibility index (Phi) is 6.38. The van der Waals surface area contributed by atoms with E-state index in [2.05, 4.69) is 50.2 Å². The van der Waals surface area contributed by atoms with Crippen molar-refractivity contribution < 1.29 is 4.74 Å². The zero-order valence-electron chi connectivity index (χ0n) is 8.85. The molecule has 5 heteroatoms. The second-order valence-corrected chi connectivity index (χ2v) is 6.30. The maximum atomic E-state index is 5.47. The second kappa shape index (κ2) is 7.01. The summed E-state index contributed by atoms with van der Waals surface area (Å²) in [5, 5.41) is 3.42. The molecule has 0 fully saturated rings. The largest absolute Gasteiger partial charge is 0.380 e. The Hall–Kier alpha value is 0.580. The van der Waals surface area contributed by atoms with E-state index in [0.717, 1.165) is 28.0 Å². The quantitative estimate of drug-likeness (QED) is 0.832. The van der Waals surface area contributed by atoms with E-state index >= 15 is 0 Å². The van der Waals surface area contributed by atoms with E-state index in [-0.39, 0.29) is 0 Å². The molecule has 0 aliphatic heterocycles. The van der Waals surface area contributed by atoms with Crippen molar-refractivity contribution in [1.82, 2.24) is 5.32 Å². The van der Waals surface area contributed by atoms with Crippen molar-refractivity contribution in [2.75, 3.05) is 19.8 Å². The lowest BCUT2D eigenvalue weighted by atomic mass is 10.2. The van der Waals surface area contributed by atoms with Crippen molar-refractivity contribution in [3.8, 4) is 0 Å². The van der Waals surface area contributed by atoms with Gasteiger partial charge in [0.2, 0.25) is 0 Å². The average molecular weight is 357 g/mol. The topological polar surface area (TPSA) is 21.3 Å². The van der Waals surface area contributed by atoms with Gasteiger partial charge in [0.05, 0.1) is 16.4 Å². The van der Waals surface area contributed by atoms with Gasteiger partial charge in [-0.25, -0.2) is 0 Å². The molecule has 0 saturated carbocycles. The summed E-state index contributed by atoms with van der Waals surface area (Å²) in [6.45, 7) is 6.56. The van der Waals surface area contributed by atoms with Gasteiger partial charge in [-0.05, 0) is 51.4 Å². The van der Waals surface area contributed by atoms with E-state index in [4.69, 9.17) is 4.74 Å². The van der Waals surface area contributed by atoms with Gasteiger partial charge in [-0.1, -0.05) is 6.92 Å². The molecule has 2 nitrogen and oxygen atoms in total. The third kappa shape index (κ3) is 4.15. The van der Waals surface area contributed by atoms with Gasteiger partial charge in [-0.15, -0.1) is 11.3 Å². The minimum Gasteiger partial charge on any atom is -0.380 e. The van der Waals surface area contributed by atoms with Crippen molar-refractivity contribution in [2.45, 2.75) is 19.9 Å². The van der Waals surface area contributed by atoms with E-state index in [1.807, 2.05) is 6.92 Å². The number of hydrogen-bond acceptors (Lipinski definition) is 3. The smallest absolute Gasteiger partial charge is 0.0843 e. The maximum Gasteiger partial charge on any atom is 0.0843 e. The van der Waals surface area contributed by atoms with Crippen LogP contribution >= 0.6 is 43.2 Å². The highest BCUT2D eigenvalue weighted by molar-refractivity contribution is 9.13. The molecule has 15 heavy (non-hydrogen) atoms. The Morgan fingerprint density at radius 2 is 2.20 bits per heavy atom. The first-order valence-electron chi connectivity index (χ1n) is 4.94. The Bertz CT molecular complexity index is 284. The van der Waals surface area contributed by atoms with Gasteiger partial charge in [0.25, 0.3) is 0 Å². The molecule has 0 amide bonds. The van der Waals surface area contributed by atoms with Crippen molar-refractivity contribution in [2.24, 2.45) is 0 Å². The predicted molar refractivity (Wildman–Crippen MR) is 72.6 cm³/mol. The molecule has 1 rings (SSSR count). The minimum absolute atomic E-state index is 0.294. The maximum absolute atomic E-state index is 5.47. The van der Waals surface area contributed by atoms with Crippen LogP contribution < -0.4 is 5.32 Å². The third-order valence-electron chi connectivity index (χ3n) is 1.95. The number of likely N-dealkylation sites (N-methyl/N-ethyl adjacent to an activating group) is 1. The summed E-state index contributed by atoms with van der Waals surface area (Å²) in [7, 11) is 0. The van der Waals surface area contributed by atoms with Crippen molar-refractivity contribution in [3.63, 3.8) is 0 Å². The summed E-state index contributed by atoms with van der Waals surface area (Å²) in [4.78, 5) is 1.30. The first-order valence-corrected chi connectivity index (χ1v) is 7.35. The number of ether oxygens (including phenoxy) is 1. The molecule has 1 heterocycles. The molecule has 0 aliphatic rings. The summed E-state index contributed by atoms with van der Waals surface area (Å²) < 4.78 is 7.71. The fourth-order valence-corrected chi connectivity index (χ4v) is 3.41. The molecule has 1 unspecified atom stereocenters. The lowest BCUT2D eigenvalue weighted by Gasteiger charge is -2.15. The van der Waals surface area contributed by atoms with Crippen LogP contribution in [-0.4, -0.2) is 19.8 Å². The first-order chi connectivity index (χ1) is 7.19. The van der Waals surface area contributed by atoms with E-state index in [1.165, 1.54) is 4.88 Å². The van der Waals surface area contributed by atoms with Crippen LogP contribution in [0.4, 0.5) is 0 Å². The highest BCUT2D eigenvalue weighted by Gasteiger charge is 2.14. The molecule has 0 aromatic carbocycles. The minimum atomic E-state index is 0.294. The fourth-order valence-electron chi connectivity index (χ4n) is 1.26. The average Bonchev–Trinajstić information content (AvgIpc) is 2.54. The van der Waals surface area contributed by atoms with Gasteiger partial charge >= 0.3 is 0 Å². The van der Waals surface area contributed by atoms with E-state index in [1.54, 1.807) is 11.3 Å². The molecule has 0 saturated heterocycles. The molecule has 1 N–H and O–H groups in total. The van der Waals surface area contributed by atoms with Crippen LogP contribution in [0.25, 0.3) is 0 Å². The summed E-state index contributed by atoms with van der Waals surface area (Å²) in [6.07, 6.45) is 0. The number of rotatable bonds is 6. The molecule has 0 bridgehead atoms. The Labute approximate surface area is 112 Å². The zero-order chi connectivity index (χ0) is 11.3. The third-order valence-corrected chi connectivity index (χ3v) is 5.32. The lowest BCUT2D eigenvalue weighted by Crippen LogP contribution is -2.24. The standard InChI is InChI=1S/C10H15Br2NOS/c1-3-13-8(6-14-4-2)9-5-7(11)10(12)15-9/h5,8,13H,3-4,6H2,1-2H3. The number of halogens is 2. The van der Waals surface area contributed by atoms with Crippen LogP contribution in [0.5, 0.6) is 0 Å². The second-order valence-electron chi connectivity index (χ2n) is 3.04. The summed E-state index contributed by atoms with van der Waals surface area (Å²) in [6, 6.07) is 2.43. The molecule has 1 aromatic rings. The van der Waals surface area contributed by atoms with Crippen LogP contribution in [0.2, 0.25) is 0 Å². The summed E-state index contributed by atoms with van der Waals surface area (Å²) in [5.41, 5.74) is 0. The molecular formula is C10H15Br2NOS. The van der Waals surface area contributed by atoms with Gasteiger partial charge in [0, 0.05) is 16.0 Å². The van der Waals surface area contributed by atoms with Crippen LogP contribution in [0.15, 0.2) is 14.3 Å². The summed E-state index contributed by atoms with van der Waals surface area (Å²) >= 11 is 8.75. The van der Waals surface area contributed by atoms with Gasteiger partial charge in [0.15, 0.2) is 0 Å². The van der Waals surface area contributed by atoms with Crippen molar-refractivity contribution in [3.05, 3.63) is 19.2 Å². The molecular weight excluding hydrogens is 342 g/mol. The molecule has 86 valence electrons. The Balaban J connectivity index is 2.69. The van der Waals surface area contributed by atoms with E-state index in [9.17, 15) is 0 Å². The van der Waals surface area contributed by atoms with Gasteiger partial charge < -0.3 is 10.1 Å².